The van der Waals surface area contributed by atoms with Crippen molar-refractivity contribution in [3.8, 4) is 0 Å². The number of hydrogen-bond donors (Lipinski definition) is 1. The Morgan fingerprint density at radius 1 is 1.30 bits per heavy atom. The lowest BCUT2D eigenvalue weighted by Gasteiger charge is -2.25. The first-order valence-electron chi connectivity index (χ1n) is 5.65. The number of benzene rings is 1. The van der Waals surface area contributed by atoms with Crippen molar-refractivity contribution in [1.82, 2.24) is 4.98 Å². The Hall–Kier alpha value is -2.25. The standard InChI is InChI=1S/C13H12N2O4S/c1-9-4-2-7-12(14-9)15(20(18)19)11-6-3-5-10(8-11)13(16)17/h2-8H,1H3,(H,16,17)(H,18,19)/p-1. The van der Waals surface area contributed by atoms with Crippen LogP contribution in [0.3, 0.4) is 0 Å². The minimum Gasteiger partial charge on any atom is -0.755 e. The van der Waals surface area contributed by atoms with Crippen molar-refractivity contribution in [1.29, 1.82) is 0 Å². The van der Waals surface area contributed by atoms with E-state index in [9.17, 15) is 13.6 Å². The third-order valence-corrected chi connectivity index (χ3v) is 3.25. The van der Waals surface area contributed by atoms with Crippen LogP contribution in [-0.2, 0) is 11.3 Å². The second-order valence-electron chi connectivity index (χ2n) is 4.00. The van der Waals surface area contributed by atoms with E-state index < -0.39 is 17.2 Å². The lowest BCUT2D eigenvalue weighted by atomic mass is 10.2. The number of rotatable bonds is 4. The summed E-state index contributed by atoms with van der Waals surface area (Å²) in [5.74, 6) is -0.915. The predicted octanol–water partition coefficient (Wildman–Crippen LogP) is 2.02. The molecule has 0 aliphatic carbocycles. The first-order valence-corrected chi connectivity index (χ1v) is 6.69. The van der Waals surface area contributed by atoms with E-state index >= 15 is 0 Å². The summed E-state index contributed by atoms with van der Waals surface area (Å²) in [7, 11) is 0. The van der Waals surface area contributed by atoms with Crippen molar-refractivity contribution in [2.45, 2.75) is 6.92 Å². The first-order chi connectivity index (χ1) is 9.49. The largest absolute Gasteiger partial charge is 0.755 e. The Morgan fingerprint density at radius 2 is 2.00 bits per heavy atom. The maximum atomic E-state index is 11.4. The van der Waals surface area contributed by atoms with Crippen LogP contribution in [0.4, 0.5) is 11.5 Å². The Morgan fingerprint density at radius 3 is 2.60 bits per heavy atom. The number of aromatic nitrogens is 1. The molecule has 1 unspecified atom stereocenters. The van der Waals surface area contributed by atoms with Gasteiger partial charge in [0.15, 0.2) is 0 Å². The van der Waals surface area contributed by atoms with Gasteiger partial charge >= 0.3 is 5.97 Å². The van der Waals surface area contributed by atoms with Crippen LogP contribution in [0.2, 0.25) is 0 Å². The smallest absolute Gasteiger partial charge is 0.335 e. The number of pyridine rings is 1. The number of anilines is 2. The van der Waals surface area contributed by atoms with E-state index in [1.54, 1.807) is 19.1 Å². The zero-order valence-electron chi connectivity index (χ0n) is 10.5. The van der Waals surface area contributed by atoms with Crippen LogP contribution in [0.15, 0.2) is 42.5 Å². The van der Waals surface area contributed by atoms with Gasteiger partial charge in [0, 0.05) is 5.69 Å². The monoisotopic (exact) mass is 291 g/mol. The molecular weight excluding hydrogens is 280 g/mol. The number of hydrogen-bond acceptors (Lipinski definition) is 4. The van der Waals surface area contributed by atoms with Gasteiger partial charge < -0.3 is 9.66 Å². The van der Waals surface area contributed by atoms with Crippen LogP contribution in [0.5, 0.6) is 0 Å². The number of carbonyl (C=O) groups is 1. The summed E-state index contributed by atoms with van der Waals surface area (Å²) < 4.78 is 23.8. The van der Waals surface area contributed by atoms with Crippen molar-refractivity contribution in [2.75, 3.05) is 4.31 Å². The molecule has 2 rings (SSSR count). The number of aryl methyl sites for hydroxylation is 1. The topological polar surface area (TPSA) is 93.6 Å². The van der Waals surface area contributed by atoms with Crippen molar-refractivity contribution in [3.05, 3.63) is 53.7 Å². The molecule has 0 aliphatic heterocycles. The Bertz CT molecular complexity index is 675. The van der Waals surface area contributed by atoms with Crippen LogP contribution < -0.4 is 4.31 Å². The molecule has 2 aromatic rings. The lowest BCUT2D eigenvalue weighted by molar-refractivity contribution is 0.0697. The van der Waals surface area contributed by atoms with Gasteiger partial charge in [0.25, 0.3) is 0 Å². The number of carboxylic acid groups (broad SMARTS) is 1. The maximum Gasteiger partial charge on any atom is 0.335 e. The van der Waals surface area contributed by atoms with E-state index in [1.807, 2.05) is 0 Å². The van der Waals surface area contributed by atoms with Gasteiger partial charge in [0.2, 0.25) is 0 Å². The molecule has 7 heteroatoms. The average molecular weight is 291 g/mol. The molecule has 0 aliphatic rings. The van der Waals surface area contributed by atoms with E-state index in [4.69, 9.17) is 5.11 Å². The minimum absolute atomic E-state index is 0.00519. The van der Waals surface area contributed by atoms with Gasteiger partial charge in [-0.3, -0.25) is 8.51 Å². The highest BCUT2D eigenvalue weighted by molar-refractivity contribution is 7.81. The minimum atomic E-state index is -2.61. The molecule has 1 aromatic carbocycles. The molecule has 0 radical (unpaired) electrons. The summed E-state index contributed by atoms with van der Waals surface area (Å²) in [6.07, 6.45) is 0. The van der Waals surface area contributed by atoms with Gasteiger partial charge in [-0.1, -0.05) is 12.1 Å². The van der Waals surface area contributed by atoms with Gasteiger partial charge in [-0.2, -0.15) is 0 Å². The van der Waals surface area contributed by atoms with E-state index in [1.165, 1.54) is 30.3 Å². The molecule has 0 fully saturated rings. The fourth-order valence-electron chi connectivity index (χ4n) is 1.70. The van der Waals surface area contributed by atoms with Crippen LogP contribution in [0, 0.1) is 6.92 Å². The highest BCUT2D eigenvalue weighted by Crippen LogP contribution is 2.26. The zero-order chi connectivity index (χ0) is 14.7. The second-order valence-corrected chi connectivity index (χ2v) is 4.80. The van der Waals surface area contributed by atoms with E-state index in [0.717, 1.165) is 4.31 Å². The molecule has 104 valence electrons. The van der Waals surface area contributed by atoms with Crippen molar-refractivity contribution in [2.24, 2.45) is 0 Å². The maximum absolute atomic E-state index is 11.4. The molecule has 1 heterocycles. The molecule has 20 heavy (non-hydrogen) atoms. The van der Waals surface area contributed by atoms with Gasteiger partial charge in [-0.25, -0.2) is 9.78 Å². The van der Waals surface area contributed by atoms with Gasteiger partial charge in [-0.05, 0) is 37.3 Å². The molecule has 0 saturated carbocycles. The fourth-order valence-corrected chi connectivity index (χ4v) is 2.24. The molecule has 1 atom stereocenters. The third-order valence-electron chi connectivity index (χ3n) is 2.56. The van der Waals surface area contributed by atoms with Gasteiger partial charge in [0.05, 0.1) is 22.5 Å². The van der Waals surface area contributed by atoms with Crippen molar-refractivity contribution in [3.63, 3.8) is 0 Å². The predicted molar refractivity (Wildman–Crippen MR) is 73.4 cm³/mol. The van der Waals surface area contributed by atoms with E-state index in [2.05, 4.69) is 4.98 Å². The van der Waals surface area contributed by atoms with Crippen LogP contribution in [0.25, 0.3) is 0 Å². The van der Waals surface area contributed by atoms with Gasteiger partial charge in [-0.15, -0.1) is 0 Å². The number of nitrogens with zero attached hydrogens (tertiary/aromatic N) is 2. The normalized spacial score (nSPS) is 11.9. The van der Waals surface area contributed by atoms with Crippen molar-refractivity contribution < 1.29 is 18.7 Å². The summed E-state index contributed by atoms with van der Waals surface area (Å²) in [6.45, 7) is 1.74. The Kier molecular flexibility index (Phi) is 4.11. The highest BCUT2D eigenvalue weighted by atomic mass is 32.2. The van der Waals surface area contributed by atoms with Gasteiger partial charge in [0.1, 0.15) is 5.82 Å². The molecule has 6 nitrogen and oxygen atoms in total. The SMILES string of the molecule is Cc1cccc(N(c2cccc(C(=O)O)c2)S(=O)[O-])n1. The summed E-state index contributed by atoms with van der Waals surface area (Å²) >= 11 is -2.61. The molecule has 0 saturated heterocycles. The first kappa shape index (κ1) is 14.2. The zero-order valence-corrected chi connectivity index (χ0v) is 11.3. The number of carboxylic acids is 1. The molecule has 1 aromatic heterocycles. The fraction of sp³-hybridized carbons (Fsp3) is 0.0769. The molecule has 0 spiro atoms. The molecule has 0 bridgehead atoms. The molecule has 1 N–H and O–H groups in total. The van der Waals surface area contributed by atoms with E-state index in [0.29, 0.717) is 5.69 Å². The van der Waals surface area contributed by atoms with E-state index in [-0.39, 0.29) is 17.1 Å². The summed E-state index contributed by atoms with van der Waals surface area (Å²) in [5, 5.41) is 8.96. The number of aromatic carboxylic acids is 1. The van der Waals surface area contributed by atoms with Crippen LogP contribution in [0.1, 0.15) is 16.1 Å². The average Bonchev–Trinajstić information content (AvgIpc) is 2.39. The lowest BCUT2D eigenvalue weighted by Crippen LogP contribution is -2.21. The Labute approximate surface area is 118 Å². The second kappa shape index (κ2) is 5.81. The van der Waals surface area contributed by atoms with Crippen LogP contribution in [-0.4, -0.2) is 24.8 Å². The van der Waals surface area contributed by atoms with Crippen molar-refractivity contribution >= 4 is 28.7 Å². The summed E-state index contributed by atoms with van der Waals surface area (Å²) in [6, 6.07) is 10.6. The van der Waals surface area contributed by atoms with Crippen LogP contribution >= 0.6 is 0 Å². The molecular formula is C13H11N2O4S-. The third kappa shape index (κ3) is 3.01. The molecule has 0 amide bonds. The summed E-state index contributed by atoms with van der Waals surface area (Å²) in [5.41, 5.74) is 0.884. The Balaban J connectivity index is 2.52. The quantitative estimate of drug-likeness (QED) is 0.870. The summed E-state index contributed by atoms with van der Waals surface area (Å²) in [4.78, 5) is 15.1. The highest BCUT2D eigenvalue weighted by Gasteiger charge is 2.13.